The zero-order valence-corrected chi connectivity index (χ0v) is 16.1. The third-order valence-corrected chi connectivity index (χ3v) is 9.44. The van der Waals surface area contributed by atoms with E-state index in [4.69, 9.17) is 8.85 Å². The lowest BCUT2D eigenvalue weighted by Gasteiger charge is -2.40. The maximum atomic E-state index is 6.47. The minimum absolute atomic E-state index is 0.297. The van der Waals surface area contributed by atoms with E-state index in [1.807, 2.05) is 0 Å². The molecule has 0 N–H and O–H groups in total. The van der Waals surface area contributed by atoms with Gasteiger partial charge in [0.2, 0.25) is 8.32 Å². The standard InChI is InChI=1S/C15H32O2Si2/c1-15(2,3)19(7,8)17-14-11-9-13(10-12-14)16-18(4,5)6/h9,14H,10-12H2,1-8H3/t14-/m0/s1. The molecule has 0 saturated heterocycles. The molecule has 0 aromatic rings. The van der Waals surface area contributed by atoms with E-state index in [0.717, 1.165) is 19.3 Å². The normalized spacial score (nSPS) is 22.1. The predicted molar refractivity (Wildman–Crippen MR) is 88.4 cm³/mol. The fourth-order valence-corrected chi connectivity index (χ4v) is 4.35. The summed E-state index contributed by atoms with van der Waals surface area (Å²) in [5.41, 5.74) is 0. The Bertz CT molecular complexity index is 335. The Morgan fingerprint density at radius 2 is 1.68 bits per heavy atom. The average Bonchev–Trinajstić information content (AvgIpc) is 2.16. The maximum absolute atomic E-state index is 6.47. The molecule has 0 saturated carbocycles. The molecule has 0 heterocycles. The Balaban J connectivity index is 2.55. The van der Waals surface area contributed by atoms with Crippen LogP contribution in [0, 0.1) is 0 Å². The highest BCUT2D eigenvalue weighted by molar-refractivity contribution is 6.74. The second kappa shape index (κ2) is 5.74. The Hall–Kier alpha value is -0.0662. The second-order valence-corrected chi connectivity index (χ2v) is 17.3. The van der Waals surface area contributed by atoms with Crippen molar-refractivity contribution in [2.75, 3.05) is 0 Å². The van der Waals surface area contributed by atoms with Crippen LogP contribution in [0.1, 0.15) is 40.0 Å². The Morgan fingerprint density at radius 3 is 2.05 bits per heavy atom. The van der Waals surface area contributed by atoms with Crippen LogP contribution in [-0.4, -0.2) is 22.7 Å². The SMILES string of the molecule is CC(C)(C)[Si](C)(C)O[C@H]1CC=C(O[Si](C)(C)C)CC1. The molecule has 0 unspecified atom stereocenters. The van der Waals surface area contributed by atoms with E-state index in [-0.39, 0.29) is 0 Å². The minimum Gasteiger partial charge on any atom is -0.548 e. The largest absolute Gasteiger partial charge is 0.548 e. The van der Waals surface area contributed by atoms with Crippen LogP contribution in [0.2, 0.25) is 37.8 Å². The molecular formula is C15H32O2Si2. The lowest BCUT2D eigenvalue weighted by atomic mass is 10.0. The monoisotopic (exact) mass is 300 g/mol. The van der Waals surface area contributed by atoms with Crippen LogP contribution in [0.3, 0.4) is 0 Å². The van der Waals surface area contributed by atoms with E-state index in [0.29, 0.717) is 11.1 Å². The molecule has 0 amide bonds. The Kier molecular flexibility index (Phi) is 5.13. The van der Waals surface area contributed by atoms with Gasteiger partial charge in [0.15, 0.2) is 8.32 Å². The highest BCUT2D eigenvalue weighted by atomic mass is 28.4. The van der Waals surface area contributed by atoms with Crippen LogP contribution in [0.4, 0.5) is 0 Å². The maximum Gasteiger partial charge on any atom is 0.241 e. The summed E-state index contributed by atoms with van der Waals surface area (Å²) in [6.07, 6.45) is 5.84. The van der Waals surface area contributed by atoms with Crippen molar-refractivity contribution >= 4 is 16.6 Å². The van der Waals surface area contributed by atoms with Crippen molar-refractivity contribution in [3.05, 3.63) is 11.8 Å². The van der Waals surface area contributed by atoms with E-state index in [1.165, 1.54) is 5.76 Å². The molecule has 0 radical (unpaired) electrons. The molecule has 112 valence electrons. The van der Waals surface area contributed by atoms with Crippen molar-refractivity contribution in [2.45, 2.75) is 83.9 Å². The van der Waals surface area contributed by atoms with Crippen molar-refractivity contribution in [3.63, 3.8) is 0 Å². The van der Waals surface area contributed by atoms with E-state index < -0.39 is 16.6 Å². The third kappa shape index (κ3) is 5.44. The molecule has 1 rings (SSSR count). The highest BCUT2D eigenvalue weighted by Gasteiger charge is 2.39. The minimum atomic E-state index is -1.62. The molecule has 1 atom stereocenters. The summed E-state index contributed by atoms with van der Waals surface area (Å²) in [7, 11) is -3.07. The quantitative estimate of drug-likeness (QED) is 0.656. The molecule has 0 fully saturated rings. The van der Waals surface area contributed by atoms with Crippen LogP contribution in [0.5, 0.6) is 0 Å². The van der Waals surface area contributed by atoms with Crippen LogP contribution < -0.4 is 0 Å². The summed E-state index contributed by atoms with van der Waals surface area (Å²) in [6, 6.07) is 0. The van der Waals surface area contributed by atoms with Gasteiger partial charge >= 0.3 is 0 Å². The lowest BCUT2D eigenvalue weighted by Crippen LogP contribution is -2.44. The van der Waals surface area contributed by atoms with Crippen molar-refractivity contribution < 1.29 is 8.85 Å². The molecule has 0 aliphatic heterocycles. The molecule has 1 aliphatic carbocycles. The molecule has 2 nitrogen and oxygen atoms in total. The van der Waals surface area contributed by atoms with Gasteiger partial charge in [-0.25, -0.2) is 0 Å². The summed E-state index contributed by atoms with van der Waals surface area (Å²) in [6.45, 7) is 18.3. The van der Waals surface area contributed by atoms with Crippen molar-refractivity contribution in [2.24, 2.45) is 0 Å². The molecule has 19 heavy (non-hydrogen) atoms. The number of allylic oxidation sites excluding steroid dienone is 1. The molecule has 0 aromatic heterocycles. The predicted octanol–water partition coefficient (Wildman–Crippen LogP) is 5.30. The Morgan fingerprint density at radius 1 is 1.11 bits per heavy atom. The first-order chi connectivity index (χ1) is 8.41. The topological polar surface area (TPSA) is 18.5 Å². The van der Waals surface area contributed by atoms with Gasteiger partial charge in [-0.2, -0.15) is 0 Å². The fourth-order valence-electron chi connectivity index (χ4n) is 1.97. The van der Waals surface area contributed by atoms with Gasteiger partial charge in [-0.05, 0) is 56.7 Å². The van der Waals surface area contributed by atoms with Crippen molar-refractivity contribution in [3.8, 4) is 0 Å². The van der Waals surface area contributed by atoms with Crippen molar-refractivity contribution in [1.82, 2.24) is 0 Å². The summed E-state index contributed by atoms with van der Waals surface area (Å²) in [5, 5.41) is 0.297. The summed E-state index contributed by atoms with van der Waals surface area (Å²) < 4.78 is 12.6. The molecule has 4 heteroatoms. The van der Waals surface area contributed by atoms with Crippen LogP contribution in [0.25, 0.3) is 0 Å². The average molecular weight is 301 g/mol. The smallest absolute Gasteiger partial charge is 0.241 e. The molecule has 0 bridgehead atoms. The third-order valence-electron chi connectivity index (χ3n) is 4.03. The molecule has 0 spiro atoms. The second-order valence-electron chi connectivity index (χ2n) is 8.16. The van der Waals surface area contributed by atoms with Crippen LogP contribution in [0.15, 0.2) is 11.8 Å². The Labute approximate surface area is 121 Å². The van der Waals surface area contributed by atoms with Gasteiger partial charge in [-0.15, -0.1) is 0 Å². The summed E-state index contributed by atoms with van der Waals surface area (Å²) in [4.78, 5) is 0. The number of hydrogen-bond donors (Lipinski definition) is 0. The van der Waals surface area contributed by atoms with E-state index in [1.54, 1.807) is 0 Å². The zero-order valence-electron chi connectivity index (χ0n) is 14.1. The molecule has 1 aliphatic rings. The van der Waals surface area contributed by atoms with Crippen LogP contribution in [-0.2, 0) is 8.85 Å². The van der Waals surface area contributed by atoms with Gasteiger partial charge in [-0.3, -0.25) is 0 Å². The first kappa shape index (κ1) is 17.0. The van der Waals surface area contributed by atoms with Gasteiger partial charge < -0.3 is 8.85 Å². The van der Waals surface area contributed by atoms with E-state index >= 15 is 0 Å². The van der Waals surface area contributed by atoms with Gasteiger partial charge in [0.05, 0.1) is 5.76 Å². The number of hydrogen-bond acceptors (Lipinski definition) is 2. The summed E-state index contributed by atoms with van der Waals surface area (Å²) in [5.74, 6) is 1.20. The van der Waals surface area contributed by atoms with Crippen molar-refractivity contribution in [1.29, 1.82) is 0 Å². The highest BCUT2D eigenvalue weighted by Crippen LogP contribution is 2.39. The molecular weight excluding hydrogens is 268 g/mol. The van der Waals surface area contributed by atoms with E-state index in [9.17, 15) is 0 Å². The van der Waals surface area contributed by atoms with Gasteiger partial charge in [-0.1, -0.05) is 20.8 Å². The lowest BCUT2D eigenvalue weighted by molar-refractivity contribution is 0.159. The summed E-state index contributed by atoms with van der Waals surface area (Å²) >= 11 is 0. The molecule has 0 aromatic carbocycles. The fraction of sp³-hybridized carbons (Fsp3) is 0.867. The van der Waals surface area contributed by atoms with E-state index in [2.05, 4.69) is 59.6 Å². The van der Waals surface area contributed by atoms with Gasteiger partial charge in [0.25, 0.3) is 0 Å². The van der Waals surface area contributed by atoms with Gasteiger partial charge in [0, 0.05) is 12.5 Å². The van der Waals surface area contributed by atoms with Crippen LogP contribution >= 0.6 is 0 Å². The van der Waals surface area contributed by atoms with Gasteiger partial charge in [0.1, 0.15) is 0 Å². The number of rotatable bonds is 4. The zero-order chi connectivity index (χ0) is 14.9. The first-order valence-electron chi connectivity index (χ1n) is 7.47. The first-order valence-corrected chi connectivity index (χ1v) is 13.8.